The van der Waals surface area contributed by atoms with Gasteiger partial charge in [-0.2, -0.15) is 0 Å². The van der Waals surface area contributed by atoms with Crippen molar-refractivity contribution in [3.05, 3.63) is 45.2 Å². The van der Waals surface area contributed by atoms with Crippen molar-refractivity contribution in [1.29, 1.82) is 0 Å². The third-order valence-corrected chi connectivity index (χ3v) is 3.63. The molecule has 0 aliphatic heterocycles. The van der Waals surface area contributed by atoms with Crippen LogP contribution in [0, 0.1) is 23.5 Å². The zero-order valence-corrected chi connectivity index (χ0v) is 11.6. The quantitative estimate of drug-likeness (QED) is 0.868. The van der Waals surface area contributed by atoms with Crippen molar-refractivity contribution in [1.82, 2.24) is 4.57 Å². The zero-order chi connectivity index (χ0) is 16.0. The Morgan fingerprint density at radius 1 is 1.41 bits per heavy atom. The van der Waals surface area contributed by atoms with Crippen LogP contribution in [0.25, 0.3) is 10.9 Å². The maximum atomic E-state index is 14.1. The van der Waals surface area contributed by atoms with E-state index in [1.807, 2.05) is 0 Å². The molecule has 1 saturated carbocycles. The van der Waals surface area contributed by atoms with Crippen LogP contribution in [-0.2, 0) is 0 Å². The first kappa shape index (κ1) is 14.3. The van der Waals surface area contributed by atoms with Crippen LogP contribution in [0.5, 0.6) is 0 Å². The molecule has 3 rings (SSSR count). The molecular weight excluding hydrogens is 292 g/mol. The second-order valence-electron chi connectivity index (χ2n) is 5.13. The number of fused-ring (bicyclic) bond motifs is 1. The summed E-state index contributed by atoms with van der Waals surface area (Å²) >= 11 is 0. The summed E-state index contributed by atoms with van der Waals surface area (Å²) in [6.07, 6.45) is 2.77. The fraction of sp³-hybridized carbons (Fsp3) is 0.250. The van der Waals surface area contributed by atoms with Crippen molar-refractivity contribution in [2.45, 2.75) is 25.8 Å². The number of carboxylic acids is 1. The standard InChI is InChI=1S/C16H11F2NO3/c1-2-3-9-13(18)12(17)6-10-14(9)19(8-4-5-8)7-11(15(10)20)16(21)22/h6-8H,4-5H2,1H3,(H,21,22). The number of rotatable bonds is 2. The highest BCUT2D eigenvalue weighted by Gasteiger charge is 2.29. The highest BCUT2D eigenvalue weighted by atomic mass is 19.2. The number of carboxylic acid groups (broad SMARTS) is 1. The van der Waals surface area contributed by atoms with Gasteiger partial charge in [0.25, 0.3) is 0 Å². The summed E-state index contributed by atoms with van der Waals surface area (Å²) in [5, 5.41) is 8.98. The van der Waals surface area contributed by atoms with E-state index in [9.17, 15) is 18.4 Å². The third kappa shape index (κ3) is 2.06. The average Bonchev–Trinajstić information content (AvgIpc) is 3.29. The van der Waals surface area contributed by atoms with Crippen LogP contribution < -0.4 is 5.43 Å². The van der Waals surface area contributed by atoms with Gasteiger partial charge in [0.1, 0.15) is 5.56 Å². The summed E-state index contributed by atoms with van der Waals surface area (Å²) in [5.74, 6) is 1.25. The van der Waals surface area contributed by atoms with Gasteiger partial charge in [0, 0.05) is 12.2 Å². The molecule has 112 valence electrons. The summed E-state index contributed by atoms with van der Waals surface area (Å²) in [6, 6.07) is 0.725. The number of hydrogen-bond acceptors (Lipinski definition) is 2. The van der Waals surface area contributed by atoms with Crippen molar-refractivity contribution >= 4 is 16.9 Å². The number of pyridine rings is 1. The Morgan fingerprint density at radius 3 is 2.64 bits per heavy atom. The molecular formula is C16H11F2NO3. The van der Waals surface area contributed by atoms with Crippen molar-refractivity contribution in [2.24, 2.45) is 0 Å². The van der Waals surface area contributed by atoms with E-state index in [2.05, 4.69) is 11.8 Å². The molecule has 22 heavy (non-hydrogen) atoms. The Kier molecular flexibility index (Phi) is 3.21. The Labute approximate surface area is 124 Å². The maximum Gasteiger partial charge on any atom is 0.341 e. The van der Waals surface area contributed by atoms with Gasteiger partial charge >= 0.3 is 5.97 Å². The normalized spacial score (nSPS) is 13.8. The number of hydrogen-bond donors (Lipinski definition) is 1. The molecule has 1 fully saturated rings. The van der Waals surface area contributed by atoms with Gasteiger partial charge in [0.15, 0.2) is 11.6 Å². The molecule has 0 spiro atoms. The summed E-state index contributed by atoms with van der Waals surface area (Å²) in [4.78, 5) is 23.5. The van der Waals surface area contributed by atoms with E-state index in [1.54, 1.807) is 0 Å². The smallest absolute Gasteiger partial charge is 0.341 e. The van der Waals surface area contributed by atoms with Crippen LogP contribution in [0.3, 0.4) is 0 Å². The minimum absolute atomic E-state index is 0.0246. The lowest BCUT2D eigenvalue weighted by Crippen LogP contribution is -2.20. The fourth-order valence-corrected chi connectivity index (χ4v) is 2.50. The van der Waals surface area contributed by atoms with Crippen molar-refractivity contribution in [3.63, 3.8) is 0 Å². The first-order chi connectivity index (χ1) is 10.5. The molecule has 2 aromatic rings. The average molecular weight is 303 g/mol. The van der Waals surface area contributed by atoms with Gasteiger partial charge in [-0.05, 0) is 25.8 Å². The predicted octanol–water partition coefficient (Wildman–Crippen LogP) is 2.68. The molecule has 4 nitrogen and oxygen atoms in total. The highest BCUT2D eigenvalue weighted by molar-refractivity contribution is 5.94. The molecule has 6 heteroatoms. The van der Waals surface area contributed by atoms with E-state index >= 15 is 0 Å². The predicted molar refractivity (Wildman–Crippen MR) is 75.9 cm³/mol. The van der Waals surface area contributed by atoms with Gasteiger partial charge in [0.05, 0.1) is 16.5 Å². The van der Waals surface area contributed by atoms with Crippen LogP contribution in [-0.4, -0.2) is 15.6 Å². The van der Waals surface area contributed by atoms with Crippen molar-refractivity contribution < 1.29 is 18.7 Å². The molecule has 0 atom stereocenters. The molecule has 0 amide bonds. The van der Waals surface area contributed by atoms with Crippen LogP contribution in [0.1, 0.15) is 41.7 Å². The fourth-order valence-electron chi connectivity index (χ4n) is 2.50. The molecule has 0 unspecified atom stereocenters. The van der Waals surface area contributed by atoms with E-state index < -0.39 is 28.6 Å². The number of aromatic carboxylic acids is 1. The molecule has 1 aliphatic carbocycles. The Morgan fingerprint density at radius 2 is 2.09 bits per heavy atom. The number of aromatic nitrogens is 1. The van der Waals surface area contributed by atoms with Crippen molar-refractivity contribution in [3.8, 4) is 11.8 Å². The maximum absolute atomic E-state index is 14.1. The zero-order valence-electron chi connectivity index (χ0n) is 11.6. The number of halogens is 2. The van der Waals surface area contributed by atoms with E-state index in [1.165, 1.54) is 17.7 Å². The van der Waals surface area contributed by atoms with Crippen LogP contribution in [0.15, 0.2) is 17.1 Å². The van der Waals surface area contributed by atoms with Gasteiger partial charge in [-0.1, -0.05) is 5.92 Å². The van der Waals surface area contributed by atoms with Gasteiger partial charge in [-0.25, -0.2) is 13.6 Å². The molecule has 0 radical (unpaired) electrons. The minimum atomic E-state index is -1.39. The number of nitrogens with zero attached hydrogens (tertiary/aromatic N) is 1. The van der Waals surface area contributed by atoms with Crippen LogP contribution >= 0.6 is 0 Å². The lowest BCUT2D eigenvalue weighted by Gasteiger charge is -2.14. The van der Waals surface area contributed by atoms with E-state index in [4.69, 9.17) is 5.11 Å². The second-order valence-corrected chi connectivity index (χ2v) is 5.13. The Bertz CT molecular complexity index is 931. The van der Waals surface area contributed by atoms with Gasteiger partial charge in [0.2, 0.25) is 5.43 Å². The molecule has 0 saturated heterocycles. The first-order valence-electron chi connectivity index (χ1n) is 6.68. The topological polar surface area (TPSA) is 59.3 Å². The number of carbonyl (C=O) groups is 1. The summed E-state index contributed by atoms with van der Waals surface area (Å²) < 4.78 is 29.3. The van der Waals surface area contributed by atoms with Gasteiger partial charge in [-0.15, -0.1) is 5.92 Å². The first-order valence-corrected chi connectivity index (χ1v) is 6.68. The van der Waals surface area contributed by atoms with Gasteiger partial charge < -0.3 is 9.67 Å². The monoisotopic (exact) mass is 303 g/mol. The summed E-state index contributed by atoms with van der Waals surface area (Å²) in [7, 11) is 0. The Balaban J connectivity index is 2.56. The third-order valence-electron chi connectivity index (χ3n) is 3.63. The SMILES string of the molecule is CC#Cc1c(F)c(F)cc2c(=O)c(C(=O)O)cn(C3CC3)c12. The lowest BCUT2D eigenvalue weighted by atomic mass is 10.1. The van der Waals surface area contributed by atoms with Gasteiger partial charge in [-0.3, -0.25) is 4.79 Å². The number of benzene rings is 1. The molecule has 1 aliphatic rings. The van der Waals surface area contributed by atoms with E-state index in [0.29, 0.717) is 0 Å². The van der Waals surface area contributed by atoms with Crippen LogP contribution in [0.2, 0.25) is 0 Å². The van der Waals surface area contributed by atoms with E-state index in [-0.39, 0.29) is 22.5 Å². The highest BCUT2D eigenvalue weighted by Crippen LogP contribution is 2.38. The summed E-state index contributed by atoms with van der Waals surface area (Å²) in [6.45, 7) is 1.47. The molecule has 1 N–H and O–H groups in total. The Hall–Kier alpha value is -2.68. The summed E-state index contributed by atoms with van der Waals surface area (Å²) in [5.41, 5.74) is -1.34. The molecule has 0 bridgehead atoms. The molecule has 1 heterocycles. The van der Waals surface area contributed by atoms with Crippen LogP contribution in [0.4, 0.5) is 8.78 Å². The molecule has 1 aromatic heterocycles. The lowest BCUT2D eigenvalue weighted by molar-refractivity contribution is 0.0695. The largest absolute Gasteiger partial charge is 0.477 e. The van der Waals surface area contributed by atoms with E-state index in [0.717, 1.165) is 18.9 Å². The minimum Gasteiger partial charge on any atom is -0.477 e. The second kappa shape index (κ2) is 4.95. The van der Waals surface area contributed by atoms with Crippen molar-refractivity contribution in [2.75, 3.05) is 0 Å². The molecule has 1 aromatic carbocycles.